The molecule has 37 heavy (non-hydrogen) atoms. The molecular weight excluding hydrogens is 478 g/mol. The molecule has 0 aromatic heterocycles. The number of benzene rings is 1. The number of rotatable bonds is 4. The number of nitrogens with zero attached hydrogens (tertiary/aromatic N) is 2. The number of amides is 3. The highest BCUT2D eigenvalue weighted by Gasteiger charge is 2.44. The molecule has 1 N–H and O–H groups in total. The van der Waals surface area contributed by atoms with Crippen molar-refractivity contribution in [2.75, 3.05) is 20.3 Å². The number of alkyl carbamates (subject to hydrolysis) is 1. The predicted molar refractivity (Wildman–Crippen MR) is 134 cm³/mol. The molecular formula is C27H35N3O7. The van der Waals surface area contributed by atoms with E-state index in [4.69, 9.17) is 14.2 Å². The summed E-state index contributed by atoms with van der Waals surface area (Å²) < 4.78 is 16.0. The number of ether oxygens (including phenoxy) is 3. The lowest BCUT2D eigenvalue weighted by Crippen LogP contribution is -2.52. The Kier molecular flexibility index (Phi) is 8.68. The van der Waals surface area contributed by atoms with Crippen LogP contribution >= 0.6 is 0 Å². The van der Waals surface area contributed by atoms with Crippen molar-refractivity contribution in [3.63, 3.8) is 0 Å². The largest absolute Gasteiger partial charge is 0.467 e. The second-order valence-electron chi connectivity index (χ2n) is 9.63. The van der Waals surface area contributed by atoms with Gasteiger partial charge >= 0.3 is 18.2 Å². The summed E-state index contributed by atoms with van der Waals surface area (Å²) in [5.74, 6) is -1.01. The highest BCUT2D eigenvalue weighted by molar-refractivity contribution is 5.90. The summed E-state index contributed by atoms with van der Waals surface area (Å²) in [5.41, 5.74) is 3.16. The SMILES string of the molecule is CCCCC1NC(=O)OCCC/C=C/c2cccc3c2CN(C3)C(=O)O[C@@H]2C[C@@H](C(=O)OC)N(C2)C1=O. The van der Waals surface area contributed by atoms with Gasteiger partial charge in [-0.3, -0.25) is 9.69 Å². The Morgan fingerprint density at radius 1 is 1.22 bits per heavy atom. The minimum atomic E-state index is -0.907. The van der Waals surface area contributed by atoms with Gasteiger partial charge in [0.15, 0.2) is 0 Å². The first-order chi connectivity index (χ1) is 17.9. The fourth-order valence-electron chi connectivity index (χ4n) is 5.06. The highest BCUT2D eigenvalue weighted by atomic mass is 16.6. The van der Waals surface area contributed by atoms with Gasteiger partial charge in [-0.25, -0.2) is 14.4 Å². The summed E-state index contributed by atoms with van der Waals surface area (Å²) in [5, 5.41) is 2.67. The van der Waals surface area contributed by atoms with Crippen molar-refractivity contribution in [3.05, 3.63) is 41.0 Å². The van der Waals surface area contributed by atoms with Crippen LogP contribution in [0.25, 0.3) is 6.08 Å². The van der Waals surface area contributed by atoms with Crippen LogP contribution in [-0.4, -0.2) is 72.3 Å². The van der Waals surface area contributed by atoms with Gasteiger partial charge in [-0.1, -0.05) is 50.1 Å². The van der Waals surface area contributed by atoms with Gasteiger partial charge < -0.3 is 24.4 Å². The van der Waals surface area contributed by atoms with Gasteiger partial charge in [0, 0.05) is 13.0 Å². The molecule has 200 valence electrons. The minimum Gasteiger partial charge on any atom is -0.467 e. The molecule has 3 amide bonds. The third kappa shape index (κ3) is 6.23. The van der Waals surface area contributed by atoms with Crippen LogP contribution in [0.3, 0.4) is 0 Å². The Morgan fingerprint density at radius 2 is 2.05 bits per heavy atom. The molecule has 1 fully saturated rings. The number of unbranched alkanes of at least 4 members (excludes halogenated alkanes) is 1. The number of esters is 1. The fourth-order valence-corrected chi connectivity index (χ4v) is 5.06. The number of carbonyl (C=O) groups is 4. The Hall–Kier alpha value is -3.56. The molecule has 0 spiro atoms. The Bertz CT molecular complexity index is 1060. The van der Waals surface area contributed by atoms with Crippen LogP contribution in [0.5, 0.6) is 0 Å². The molecule has 3 heterocycles. The van der Waals surface area contributed by atoms with Gasteiger partial charge in [0.1, 0.15) is 18.2 Å². The average molecular weight is 514 g/mol. The molecule has 0 radical (unpaired) electrons. The Balaban J connectivity index is 1.58. The molecule has 3 aliphatic rings. The average Bonchev–Trinajstić information content (AvgIpc) is 3.52. The summed E-state index contributed by atoms with van der Waals surface area (Å²) in [6.45, 7) is 3.10. The van der Waals surface area contributed by atoms with E-state index in [1.807, 2.05) is 37.3 Å². The summed E-state index contributed by atoms with van der Waals surface area (Å²) in [7, 11) is 1.26. The molecule has 3 aliphatic heterocycles. The van der Waals surface area contributed by atoms with Crippen LogP contribution in [0.1, 0.15) is 62.1 Å². The van der Waals surface area contributed by atoms with Crippen LogP contribution in [0.15, 0.2) is 24.3 Å². The zero-order valence-corrected chi connectivity index (χ0v) is 21.4. The maximum Gasteiger partial charge on any atom is 0.410 e. The maximum absolute atomic E-state index is 13.5. The second-order valence-corrected chi connectivity index (χ2v) is 9.63. The maximum atomic E-state index is 13.5. The van der Waals surface area contributed by atoms with E-state index in [1.165, 1.54) is 12.0 Å². The van der Waals surface area contributed by atoms with Crippen molar-refractivity contribution in [3.8, 4) is 0 Å². The van der Waals surface area contributed by atoms with Crippen LogP contribution < -0.4 is 5.32 Å². The van der Waals surface area contributed by atoms with E-state index in [9.17, 15) is 19.2 Å². The molecule has 0 saturated carbocycles. The van der Waals surface area contributed by atoms with Crippen LogP contribution in [0, 0.1) is 0 Å². The van der Waals surface area contributed by atoms with Crippen molar-refractivity contribution < 1.29 is 33.4 Å². The molecule has 1 unspecified atom stereocenters. The van der Waals surface area contributed by atoms with Crippen molar-refractivity contribution in [2.24, 2.45) is 0 Å². The number of fused-ring (bicyclic) bond motifs is 3. The van der Waals surface area contributed by atoms with Gasteiger partial charge in [0.25, 0.3) is 0 Å². The number of methoxy groups -OCH3 is 1. The zero-order chi connectivity index (χ0) is 26.4. The topological polar surface area (TPSA) is 114 Å². The zero-order valence-electron chi connectivity index (χ0n) is 21.4. The number of carbonyl (C=O) groups excluding carboxylic acids is 4. The van der Waals surface area contributed by atoms with Gasteiger partial charge in [-0.2, -0.15) is 0 Å². The first-order valence-electron chi connectivity index (χ1n) is 13.0. The van der Waals surface area contributed by atoms with Crippen LogP contribution in [0.2, 0.25) is 0 Å². The number of nitrogens with one attached hydrogen (secondary N) is 1. The van der Waals surface area contributed by atoms with E-state index >= 15 is 0 Å². The minimum absolute atomic E-state index is 0.0401. The predicted octanol–water partition coefficient (Wildman–Crippen LogP) is 3.37. The molecule has 4 rings (SSSR count). The molecule has 0 aliphatic carbocycles. The summed E-state index contributed by atoms with van der Waals surface area (Å²) in [6.07, 6.45) is 5.60. The summed E-state index contributed by atoms with van der Waals surface area (Å²) in [6, 6.07) is 4.20. The van der Waals surface area contributed by atoms with Gasteiger partial charge in [0.05, 0.1) is 26.8 Å². The number of hydrogen-bond donors (Lipinski definition) is 1. The molecule has 4 bridgehead atoms. The summed E-state index contributed by atoms with van der Waals surface area (Å²) in [4.78, 5) is 54.6. The quantitative estimate of drug-likeness (QED) is 0.485. The lowest BCUT2D eigenvalue weighted by Gasteiger charge is -2.27. The van der Waals surface area contributed by atoms with E-state index in [2.05, 4.69) is 5.32 Å². The monoisotopic (exact) mass is 513 g/mol. The summed E-state index contributed by atoms with van der Waals surface area (Å²) >= 11 is 0. The Labute approximate surface area is 216 Å². The molecule has 1 aromatic carbocycles. The number of allylic oxidation sites excluding steroid dienone is 1. The van der Waals surface area contributed by atoms with Crippen LogP contribution in [0.4, 0.5) is 9.59 Å². The van der Waals surface area contributed by atoms with E-state index in [1.54, 1.807) is 4.90 Å². The van der Waals surface area contributed by atoms with Gasteiger partial charge in [-0.05, 0) is 36.0 Å². The lowest BCUT2D eigenvalue weighted by molar-refractivity contribution is -0.151. The molecule has 3 atom stereocenters. The van der Waals surface area contributed by atoms with Gasteiger partial charge in [-0.15, -0.1) is 0 Å². The smallest absolute Gasteiger partial charge is 0.410 e. The van der Waals surface area contributed by atoms with Crippen molar-refractivity contribution in [1.29, 1.82) is 0 Å². The number of cyclic esters (lactones) is 1. The molecule has 10 heteroatoms. The highest BCUT2D eigenvalue weighted by Crippen LogP contribution is 2.29. The van der Waals surface area contributed by atoms with Crippen molar-refractivity contribution in [1.82, 2.24) is 15.1 Å². The fraction of sp³-hybridized carbons (Fsp3) is 0.556. The lowest BCUT2D eigenvalue weighted by atomic mass is 10.0. The van der Waals surface area contributed by atoms with E-state index < -0.39 is 42.3 Å². The normalized spacial score (nSPS) is 25.4. The van der Waals surface area contributed by atoms with E-state index in [0.29, 0.717) is 38.8 Å². The second kappa shape index (κ2) is 12.1. The third-order valence-electron chi connectivity index (χ3n) is 7.05. The first kappa shape index (κ1) is 26.5. The molecule has 10 nitrogen and oxygen atoms in total. The van der Waals surface area contributed by atoms with Crippen LogP contribution in [-0.2, 0) is 36.9 Å². The third-order valence-corrected chi connectivity index (χ3v) is 7.05. The van der Waals surface area contributed by atoms with Crippen molar-refractivity contribution in [2.45, 2.75) is 76.7 Å². The van der Waals surface area contributed by atoms with Gasteiger partial charge in [0.2, 0.25) is 5.91 Å². The number of hydrogen-bond acceptors (Lipinski definition) is 7. The van der Waals surface area contributed by atoms with E-state index in [0.717, 1.165) is 23.1 Å². The molecule has 1 saturated heterocycles. The first-order valence-corrected chi connectivity index (χ1v) is 13.0. The Morgan fingerprint density at radius 3 is 2.84 bits per heavy atom. The van der Waals surface area contributed by atoms with E-state index in [-0.39, 0.29) is 19.6 Å². The molecule has 1 aromatic rings. The standard InChI is InChI=1S/C27H35N3O7/c1-3-4-12-22-24(31)30-16-20(14-23(30)25(32)35-2)37-27(34)29-15-19-11-8-10-18(21(19)17-29)9-6-5-7-13-36-26(33)28-22/h6,8-11,20,22-23H,3-5,7,12-17H2,1-2H3,(H,28,33)/b9-6+/t20-,22?,23+/m1/s1. The van der Waals surface area contributed by atoms with Crippen molar-refractivity contribution >= 4 is 30.1 Å².